The smallest absolute Gasteiger partial charge is 0.129 e. The maximum Gasteiger partial charge on any atom is 0.150 e. The van der Waals surface area contributed by atoms with E-state index in [4.69, 9.17) is 0 Å². The minimum absolute atomic E-state index is 0.413. The van der Waals surface area contributed by atoms with E-state index >= 15 is 0 Å². The van der Waals surface area contributed by atoms with Crippen molar-refractivity contribution < 1.29 is 0 Å². The summed E-state index contributed by atoms with van der Waals surface area (Å²) in [6.07, 6.45) is 3.36. The van der Waals surface area contributed by atoms with E-state index in [0.29, 0.717) is 0 Å². The fraction of sp³-hybridized carbons (Fsp3) is 0.793. The zero-order chi connectivity index (χ0) is 24.7. The Morgan fingerprint density at radius 3 is 0.875 bits per heavy atom. The third kappa shape index (κ3) is 8.60. The van der Waals surface area contributed by atoms with Gasteiger partial charge in [-0.2, -0.15) is 0 Å². The van der Waals surface area contributed by atoms with Crippen LogP contribution in [0.3, 0.4) is 0 Å². The normalized spacial score (nSPS) is 12.2. The molecule has 0 N–H and O–H groups in total. The minimum atomic E-state index is -1.54. The van der Waals surface area contributed by atoms with Crippen LogP contribution in [0.2, 0.25) is 54.4 Å². The fourth-order valence-electron chi connectivity index (χ4n) is 4.49. The van der Waals surface area contributed by atoms with Crippen molar-refractivity contribution >= 4 is 24.2 Å². The third-order valence-electron chi connectivity index (χ3n) is 8.62. The van der Waals surface area contributed by atoms with Gasteiger partial charge < -0.3 is 0 Å². The summed E-state index contributed by atoms with van der Waals surface area (Å²) in [4.78, 5) is 0. The summed E-state index contributed by atoms with van der Waals surface area (Å²) in [7, 11) is -4.62. The van der Waals surface area contributed by atoms with Crippen LogP contribution in [-0.4, -0.2) is 24.2 Å². The van der Waals surface area contributed by atoms with Crippen molar-refractivity contribution in [2.24, 2.45) is 5.41 Å². The summed E-state index contributed by atoms with van der Waals surface area (Å²) in [6.45, 7) is 23.5. The Morgan fingerprint density at radius 2 is 0.688 bits per heavy atom. The van der Waals surface area contributed by atoms with Gasteiger partial charge in [-0.15, -0.1) is 16.6 Å². The van der Waals surface area contributed by atoms with Crippen LogP contribution in [0.25, 0.3) is 0 Å². The Hall–Kier alpha value is -0.669. The molecule has 0 aliphatic heterocycles. The average Bonchev–Trinajstić information content (AvgIpc) is 2.86. The van der Waals surface area contributed by atoms with Crippen molar-refractivity contribution in [3.63, 3.8) is 0 Å². The summed E-state index contributed by atoms with van der Waals surface area (Å²) >= 11 is 0. The number of unbranched alkanes of at least 4 members (excludes halogenated alkanes) is 1. The molecule has 32 heavy (non-hydrogen) atoms. The lowest BCUT2D eigenvalue weighted by molar-refractivity contribution is 0.582. The Bertz CT molecular complexity index is 587. The maximum absolute atomic E-state index is 3.93. The number of rotatable bonds is 12. The third-order valence-corrected chi connectivity index (χ3v) is 22.8. The molecule has 0 saturated carbocycles. The van der Waals surface area contributed by atoms with Crippen LogP contribution < -0.4 is 0 Å². The van der Waals surface area contributed by atoms with Gasteiger partial charge in [0.15, 0.2) is 0 Å². The number of hydrogen-bond acceptors (Lipinski definition) is 0. The zero-order valence-corrected chi connectivity index (χ0v) is 26.5. The van der Waals surface area contributed by atoms with Gasteiger partial charge in [-0.05, 0) is 60.8 Å². The van der Waals surface area contributed by atoms with Crippen LogP contribution in [0.4, 0.5) is 0 Å². The largest absolute Gasteiger partial charge is 0.150 e. The van der Waals surface area contributed by atoms with E-state index in [0.717, 1.165) is 12.8 Å². The fourth-order valence-corrected chi connectivity index (χ4v) is 12.0. The molecule has 0 fully saturated rings. The van der Waals surface area contributed by atoms with E-state index in [1.807, 2.05) is 0 Å². The molecule has 0 aromatic rings. The highest BCUT2D eigenvalue weighted by Gasteiger charge is 2.31. The topological polar surface area (TPSA) is 0 Å². The molecular weight excluding hydrogens is 433 g/mol. The molecule has 3 heteroatoms. The highest BCUT2D eigenvalue weighted by atomic mass is 28.3. The van der Waals surface area contributed by atoms with E-state index in [9.17, 15) is 0 Å². The second-order valence-electron chi connectivity index (χ2n) is 9.78. The van der Waals surface area contributed by atoms with Gasteiger partial charge in [-0.3, -0.25) is 0 Å². The average molecular weight is 487 g/mol. The predicted molar refractivity (Wildman–Crippen MR) is 157 cm³/mol. The van der Waals surface area contributed by atoms with Crippen LogP contribution >= 0.6 is 0 Å². The lowest BCUT2D eigenvalue weighted by atomic mass is 9.85. The van der Waals surface area contributed by atoms with Crippen molar-refractivity contribution in [1.29, 1.82) is 0 Å². The molecule has 0 rings (SSSR count). The van der Waals surface area contributed by atoms with Crippen molar-refractivity contribution in [1.82, 2.24) is 0 Å². The molecule has 0 atom stereocenters. The lowest BCUT2D eigenvalue weighted by Crippen LogP contribution is -2.33. The molecule has 0 amide bonds. The van der Waals surface area contributed by atoms with Crippen molar-refractivity contribution in [2.45, 2.75) is 143 Å². The van der Waals surface area contributed by atoms with Crippen LogP contribution in [0, 0.1) is 39.8 Å². The van der Waals surface area contributed by atoms with Crippen LogP contribution in [0.15, 0.2) is 0 Å². The Kier molecular flexibility index (Phi) is 15.0. The number of hydrogen-bond donors (Lipinski definition) is 0. The second kappa shape index (κ2) is 15.3. The van der Waals surface area contributed by atoms with E-state index in [1.54, 1.807) is 0 Å². The molecule has 0 radical (unpaired) electrons. The standard InChI is InChI=1S/C29H54Si3/c1-11-21-22-29(23-26-30(12-2,13-3)14-4,24-27-31(15-5,16-6)17-7)25-28-32(18-8,19-9)20-10/h11-22H2,1-10H3. The highest BCUT2D eigenvalue weighted by molar-refractivity contribution is 6.88. The molecule has 0 bridgehead atoms. The van der Waals surface area contributed by atoms with Crippen molar-refractivity contribution in [3.05, 3.63) is 0 Å². The summed E-state index contributed by atoms with van der Waals surface area (Å²) < 4.78 is 0. The Morgan fingerprint density at radius 1 is 0.438 bits per heavy atom. The molecule has 0 unspecified atom stereocenters. The summed E-state index contributed by atoms with van der Waals surface area (Å²) in [5, 5.41) is 0. The first-order valence-corrected chi connectivity index (χ1v) is 21.7. The molecule has 0 aromatic carbocycles. The van der Waals surface area contributed by atoms with Gasteiger partial charge in [0.05, 0.1) is 0 Å². The SMILES string of the molecule is CCCCC(C#C[Si](CC)(CC)CC)(C#C[Si](CC)(CC)CC)C#C[Si](CC)(CC)CC. The molecule has 0 aliphatic carbocycles. The first kappa shape index (κ1) is 31.3. The minimum Gasteiger partial charge on any atom is -0.129 e. The van der Waals surface area contributed by atoms with E-state index in [1.165, 1.54) is 60.8 Å². The van der Waals surface area contributed by atoms with Gasteiger partial charge in [0.2, 0.25) is 0 Å². The first-order valence-electron chi connectivity index (χ1n) is 13.9. The Labute approximate surface area is 206 Å². The molecule has 0 aliphatic rings. The first-order chi connectivity index (χ1) is 15.2. The van der Waals surface area contributed by atoms with Gasteiger partial charge in [-0.25, -0.2) is 0 Å². The van der Waals surface area contributed by atoms with Gasteiger partial charge in [-0.1, -0.05) is 99.8 Å². The summed E-state index contributed by atoms with van der Waals surface area (Å²) in [6, 6.07) is 11.2. The van der Waals surface area contributed by atoms with Crippen LogP contribution in [-0.2, 0) is 0 Å². The molecular formula is C29H54Si3. The molecule has 0 spiro atoms. The van der Waals surface area contributed by atoms with E-state index < -0.39 is 29.6 Å². The van der Waals surface area contributed by atoms with Gasteiger partial charge in [0, 0.05) is 0 Å². The van der Waals surface area contributed by atoms with Crippen molar-refractivity contribution in [2.75, 3.05) is 0 Å². The Balaban J connectivity index is 7.01. The maximum atomic E-state index is 3.93. The predicted octanol–water partition coefficient (Wildman–Crippen LogP) is 9.32. The monoisotopic (exact) mass is 486 g/mol. The van der Waals surface area contributed by atoms with Gasteiger partial charge >= 0.3 is 0 Å². The highest BCUT2D eigenvalue weighted by Crippen LogP contribution is 2.29. The molecule has 182 valence electrons. The van der Waals surface area contributed by atoms with Gasteiger partial charge in [0.1, 0.15) is 29.6 Å². The van der Waals surface area contributed by atoms with Crippen LogP contribution in [0.5, 0.6) is 0 Å². The van der Waals surface area contributed by atoms with Crippen LogP contribution in [0.1, 0.15) is 88.5 Å². The molecule has 0 heterocycles. The summed E-state index contributed by atoms with van der Waals surface area (Å²) in [5.74, 6) is 11.6. The van der Waals surface area contributed by atoms with Gasteiger partial charge in [0.25, 0.3) is 0 Å². The van der Waals surface area contributed by atoms with E-state index in [2.05, 4.69) is 104 Å². The lowest BCUT2D eigenvalue weighted by Gasteiger charge is -2.26. The van der Waals surface area contributed by atoms with Crippen molar-refractivity contribution in [3.8, 4) is 34.4 Å². The molecule has 0 aromatic heterocycles. The quantitative estimate of drug-likeness (QED) is 0.190. The molecule has 0 nitrogen and oxygen atoms in total. The second-order valence-corrected chi connectivity index (χ2v) is 24.6. The van der Waals surface area contributed by atoms with E-state index in [-0.39, 0.29) is 0 Å². The molecule has 0 saturated heterocycles. The zero-order valence-electron chi connectivity index (χ0n) is 23.5. The summed E-state index contributed by atoms with van der Waals surface area (Å²) in [5.41, 5.74) is 11.4.